The molecule has 20 heavy (non-hydrogen) atoms. The maximum atomic E-state index is 12.4. The number of carbonyl (C=O) groups is 2. The zero-order chi connectivity index (χ0) is 14.8. The van der Waals surface area contributed by atoms with Crippen molar-refractivity contribution in [2.75, 3.05) is 7.11 Å². The van der Waals surface area contributed by atoms with Crippen molar-refractivity contribution in [3.05, 3.63) is 35.9 Å². The van der Waals surface area contributed by atoms with Crippen LogP contribution in [-0.2, 0) is 20.7 Å². The molecule has 1 aromatic rings. The highest BCUT2D eigenvalue weighted by Gasteiger charge is 2.51. The lowest BCUT2D eigenvalue weighted by Crippen LogP contribution is -2.32. The molecule has 3 nitrogen and oxygen atoms in total. The van der Waals surface area contributed by atoms with Gasteiger partial charge in [0.15, 0.2) is 5.78 Å². The average Bonchev–Trinajstić information content (AvgIpc) is 2.66. The van der Waals surface area contributed by atoms with E-state index in [0.29, 0.717) is 0 Å². The minimum absolute atomic E-state index is 0.0330. The summed E-state index contributed by atoms with van der Waals surface area (Å²) in [4.78, 5) is 24.3. The number of benzene rings is 1. The normalized spacial score (nSPS) is 24.6. The van der Waals surface area contributed by atoms with Gasteiger partial charge in [0.2, 0.25) is 0 Å². The van der Waals surface area contributed by atoms with Crippen molar-refractivity contribution >= 4 is 11.8 Å². The number of ether oxygens (including phenoxy) is 1. The molecule has 0 bridgehead atoms. The van der Waals surface area contributed by atoms with Crippen LogP contribution in [0.25, 0.3) is 0 Å². The highest BCUT2D eigenvalue weighted by Crippen LogP contribution is 2.45. The summed E-state index contributed by atoms with van der Waals surface area (Å²) in [7, 11) is 1.35. The Kier molecular flexibility index (Phi) is 4.26. The summed E-state index contributed by atoms with van der Waals surface area (Å²) in [6.45, 7) is 3.96. The van der Waals surface area contributed by atoms with E-state index < -0.39 is 5.92 Å². The molecule has 1 aliphatic rings. The van der Waals surface area contributed by atoms with Gasteiger partial charge in [-0.2, -0.15) is 0 Å². The molecule has 0 heterocycles. The van der Waals surface area contributed by atoms with Crippen molar-refractivity contribution in [3.63, 3.8) is 0 Å². The summed E-state index contributed by atoms with van der Waals surface area (Å²) < 4.78 is 4.79. The molecule has 0 saturated heterocycles. The quantitative estimate of drug-likeness (QED) is 0.626. The van der Waals surface area contributed by atoms with E-state index in [1.807, 2.05) is 32.0 Å². The lowest BCUT2D eigenvalue weighted by molar-refractivity contribution is -0.152. The minimum atomic E-state index is -0.603. The lowest BCUT2D eigenvalue weighted by atomic mass is 9.81. The van der Waals surface area contributed by atoms with Gasteiger partial charge in [0.25, 0.3) is 0 Å². The summed E-state index contributed by atoms with van der Waals surface area (Å²) in [5.41, 5.74) is 0.936. The van der Waals surface area contributed by atoms with Gasteiger partial charge in [0.05, 0.1) is 7.11 Å². The molecule has 2 rings (SSSR count). The van der Waals surface area contributed by atoms with Crippen LogP contribution in [0.3, 0.4) is 0 Å². The summed E-state index contributed by atoms with van der Waals surface area (Å²) in [5, 5.41) is 0. The molecular formula is C17H22O3. The SMILES string of the molecule is COC(=O)C1C(=O)C(CCc2ccccc2)CC1(C)C. The standard InChI is InChI=1S/C17H22O3/c1-17(2)11-13(15(18)14(17)16(19)20-3)10-9-12-7-5-4-6-8-12/h4-8,13-14H,9-11H2,1-3H3. The average molecular weight is 274 g/mol. The Hall–Kier alpha value is -1.64. The number of Topliss-reactive ketones (excluding diaryl/α,β-unsaturated/α-hetero) is 1. The number of ketones is 1. The van der Waals surface area contributed by atoms with Crippen LogP contribution in [0, 0.1) is 17.3 Å². The van der Waals surface area contributed by atoms with E-state index in [9.17, 15) is 9.59 Å². The molecule has 1 fully saturated rings. The maximum Gasteiger partial charge on any atom is 0.316 e. The van der Waals surface area contributed by atoms with Crippen LogP contribution in [0.15, 0.2) is 30.3 Å². The van der Waals surface area contributed by atoms with Crippen molar-refractivity contribution in [1.82, 2.24) is 0 Å². The number of aryl methyl sites for hydroxylation is 1. The first-order valence-electron chi connectivity index (χ1n) is 7.11. The molecule has 1 aliphatic carbocycles. The van der Waals surface area contributed by atoms with Crippen LogP contribution in [0.1, 0.15) is 32.3 Å². The van der Waals surface area contributed by atoms with E-state index in [0.717, 1.165) is 19.3 Å². The third kappa shape index (κ3) is 2.92. The molecule has 108 valence electrons. The van der Waals surface area contributed by atoms with Crippen molar-refractivity contribution < 1.29 is 14.3 Å². The predicted octanol–water partition coefficient (Wildman–Crippen LogP) is 3.02. The molecule has 3 heteroatoms. The van der Waals surface area contributed by atoms with Crippen molar-refractivity contribution in [3.8, 4) is 0 Å². The topological polar surface area (TPSA) is 43.4 Å². The molecule has 0 aromatic heterocycles. The van der Waals surface area contributed by atoms with Gasteiger partial charge in [0.1, 0.15) is 5.92 Å². The zero-order valence-electron chi connectivity index (χ0n) is 12.4. The Balaban J connectivity index is 2.04. The second kappa shape index (κ2) is 5.78. The Morgan fingerprint density at radius 2 is 1.95 bits per heavy atom. The summed E-state index contributed by atoms with van der Waals surface area (Å²) in [5.74, 6) is -0.970. The third-order valence-corrected chi connectivity index (χ3v) is 4.30. The summed E-state index contributed by atoms with van der Waals surface area (Å²) in [6.07, 6.45) is 2.44. The van der Waals surface area contributed by atoms with E-state index >= 15 is 0 Å². The van der Waals surface area contributed by atoms with E-state index in [1.165, 1.54) is 12.7 Å². The molecular weight excluding hydrogens is 252 g/mol. The zero-order valence-corrected chi connectivity index (χ0v) is 12.4. The van der Waals surface area contributed by atoms with Crippen LogP contribution < -0.4 is 0 Å². The van der Waals surface area contributed by atoms with Crippen LogP contribution >= 0.6 is 0 Å². The molecule has 0 radical (unpaired) electrons. The molecule has 1 aromatic carbocycles. The van der Waals surface area contributed by atoms with E-state index in [4.69, 9.17) is 4.74 Å². The Morgan fingerprint density at radius 1 is 1.30 bits per heavy atom. The summed E-state index contributed by atoms with van der Waals surface area (Å²) >= 11 is 0. The number of carbonyl (C=O) groups excluding carboxylic acids is 2. The van der Waals surface area contributed by atoms with Crippen molar-refractivity contribution in [2.45, 2.75) is 33.1 Å². The van der Waals surface area contributed by atoms with E-state index in [2.05, 4.69) is 12.1 Å². The molecule has 1 saturated carbocycles. The first kappa shape index (κ1) is 14.8. The highest BCUT2D eigenvalue weighted by molar-refractivity contribution is 6.02. The van der Waals surface area contributed by atoms with Crippen LogP contribution in [0.2, 0.25) is 0 Å². The molecule has 2 atom stereocenters. The fourth-order valence-corrected chi connectivity index (χ4v) is 3.26. The van der Waals surface area contributed by atoms with Gasteiger partial charge >= 0.3 is 5.97 Å². The predicted molar refractivity (Wildman–Crippen MR) is 77.2 cm³/mol. The monoisotopic (exact) mass is 274 g/mol. The molecule has 0 amide bonds. The molecule has 0 aliphatic heterocycles. The minimum Gasteiger partial charge on any atom is -0.468 e. The Labute approximate surface area is 120 Å². The largest absolute Gasteiger partial charge is 0.468 e. The van der Waals surface area contributed by atoms with Gasteiger partial charge < -0.3 is 4.74 Å². The van der Waals surface area contributed by atoms with E-state index in [-0.39, 0.29) is 23.1 Å². The number of hydrogen-bond acceptors (Lipinski definition) is 3. The van der Waals surface area contributed by atoms with E-state index in [1.54, 1.807) is 0 Å². The highest BCUT2D eigenvalue weighted by atomic mass is 16.5. The Morgan fingerprint density at radius 3 is 2.55 bits per heavy atom. The second-order valence-electron chi connectivity index (χ2n) is 6.27. The number of esters is 1. The van der Waals surface area contributed by atoms with Gasteiger partial charge in [0, 0.05) is 5.92 Å². The molecule has 2 unspecified atom stereocenters. The number of hydrogen-bond donors (Lipinski definition) is 0. The lowest BCUT2D eigenvalue weighted by Gasteiger charge is -2.22. The fourth-order valence-electron chi connectivity index (χ4n) is 3.26. The fraction of sp³-hybridized carbons (Fsp3) is 0.529. The van der Waals surface area contributed by atoms with Gasteiger partial charge in [-0.05, 0) is 30.2 Å². The van der Waals surface area contributed by atoms with Crippen LogP contribution in [0.5, 0.6) is 0 Å². The Bertz CT molecular complexity index is 490. The molecule has 0 spiro atoms. The van der Waals surface area contributed by atoms with Crippen LogP contribution in [0.4, 0.5) is 0 Å². The maximum absolute atomic E-state index is 12.4. The first-order chi connectivity index (χ1) is 9.45. The molecule has 0 N–H and O–H groups in total. The van der Waals surface area contributed by atoms with Gasteiger partial charge in [-0.3, -0.25) is 9.59 Å². The third-order valence-electron chi connectivity index (χ3n) is 4.30. The number of rotatable bonds is 4. The first-order valence-corrected chi connectivity index (χ1v) is 7.11. The van der Waals surface area contributed by atoms with Crippen molar-refractivity contribution in [1.29, 1.82) is 0 Å². The van der Waals surface area contributed by atoms with Gasteiger partial charge in [-0.25, -0.2) is 0 Å². The van der Waals surface area contributed by atoms with Crippen LogP contribution in [-0.4, -0.2) is 18.9 Å². The smallest absolute Gasteiger partial charge is 0.316 e. The summed E-state index contributed by atoms with van der Waals surface area (Å²) in [6, 6.07) is 10.1. The van der Waals surface area contributed by atoms with Crippen molar-refractivity contribution in [2.24, 2.45) is 17.3 Å². The van der Waals surface area contributed by atoms with Gasteiger partial charge in [-0.1, -0.05) is 44.2 Å². The number of methoxy groups -OCH3 is 1. The van der Waals surface area contributed by atoms with Gasteiger partial charge in [-0.15, -0.1) is 0 Å². The second-order valence-corrected chi connectivity index (χ2v) is 6.27.